The van der Waals surface area contributed by atoms with Crippen molar-refractivity contribution >= 4 is 0 Å². The Kier molecular flexibility index (Phi) is 4.45. The molecule has 0 aliphatic rings. The number of aromatic nitrogens is 2. The van der Waals surface area contributed by atoms with E-state index >= 15 is 0 Å². The standard InChI is InChI=1S/C10H17N3O2/c1-8(14)10-11-6-9(7-12-10)15-5-4-13(2)3/h6-8,14H,4-5H2,1-3H3. The Morgan fingerprint density at radius 1 is 1.40 bits per heavy atom. The van der Waals surface area contributed by atoms with E-state index in [1.165, 1.54) is 0 Å². The highest BCUT2D eigenvalue weighted by Crippen LogP contribution is 2.10. The lowest BCUT2D eigenvalue weighted by molar-refractivity contribution is 0.188. The molecule has 0 fully saturated rings. The van der Waals surface area contributed by atoms with E-state index in [0.717, 1.165) is 6.54 Å². The zero-order valence-corrected chi connectivity index (χ0v) is 9.34. The molecule has 1 aromatic heterocycles. The van der Waals surface area contributed by atoms with Crippen LogP contribution in [0.1, 0.15) is 18.9 Å². The molecule has 84 valence electrons. The SMILES string of the molecule is CC(O)c1ncc(OCCN(C)C)cn1. The first-order chi connectivity index (χ1) is 7.09. The van der Waals surface area contributed by atoms with Crippen LogP contribution in [0.3, 0.4) is 0 Å². The lowest BCUT2D eigenvalue weighted by Crippen LogP contribution is -2.19. The maximum Gasteiger partial charge on any atom is 0.156 e. The van der Waals surface area contributed by atoms with E-state index in [4.69, 9.17) is 4.74 Å². The minimum atomic E-state index is -0.638. The molecule has 5 nitrogen and oxygen atoms in total. The van der Waals surface area contributed by atoms with Crippen LogP contribution in [0.15, 0.2) is 12.4 Å². The predicted octanol–water partition coefficient (Wildman–Crippen LogP) is 0.470. The third-order valence-corrected chi connectivity index (χ3v) is 1.83. The van der Waals surface area contributed by atoms with Crippen LogP contribution in [-0.2, 0) is 0 Å². The van der Waals surface area contributed by atoms with Crippen molar-refractivity contribution in [3.63, 3.8) is 0 Å². The first-order valence-corrected chi connectivity index (χ1v) is 4.87. The van der Waals surface area contributed by atoms with Gasteiger partial charge < -0.3 is 14.7 Å². The minimum absolute atomic E-state index is 0.412. The molecule has 1 heterocycles. The Hall–Kier alpha value is -1.20. The van der Waals surface area contributed by atoms with Gasteiger partial charge in [-0.15, -0.1) is 0 Å². The van der Waals surface area contributed by atoms with Crippen LogP contribution in [0.2, 0.25) is 0 Å². The topological polar surface area (TPSA) is 58.5 Å². The molecule has 1 atom stereocenters. The molecule has 1 aromatic rings. The van der Waals surface area contributed by atoms with Crippen LogP contribution < -0.4 is 4.74 Å². The Bertz CT molecular complexity index is 285. The number of ether oxygens (including phenoxy) is 1. The van der Waals surface area contributed by atoms with Crippen LogP contribution in [-0.4, -0.2) is 47.2 Å². The highest BCUT2D eigenvalue weighted by molar-refractivity contribution is 5.12. The highest BCUT2D eigenvalue weighted by Gasteiger charge is 2.03. The molecular weight excluding hydrogens is 194 g/mol. The second-order valence-electron chi connectivity index (χ2n) is 3.60. The average Bonchev–Trinajstić information content (AvgIpc) is 2.18. The largest absolute Gasteiger partial charge is 0.489 e. The molecule has 0 spiro atoms. The molecule has 1 N–H and O–H groups in total. The van der Waals surface area contributed by atoms with Crippen molar-refractivity contribution in [3.8, 4) is 5.75 Å². The number of hydrogen-bond acceptors (Lipinski definition) is 5. The van der Waals surface area contributed by atoms with Crippen LogP contribution in [0.25, 0.3) is 0 Å². The summed E-state index contributed by atoms with van der Waals surface area (Å²) in [7, 11) is 3.97. The summed E-state index contributed by atoms with van der Waals surface area (Å²) in [5.41, 5.74) is 0. The van der Waals surface area contributed by atoms with Gasteiger partial charge in [-0.1, -0.05) is 0 Å². The van der Waals surface area contributed by atoms with E-state index in [1.807, 2.05) is 19.0 Å². The Morgan fingerprint density at radius 3 is 2.47 bits per heavy atom. The highest BCUT2D eigenvalue weighted by atomic mass is 16.5. The van der Waals surface area contributed by atoms with Gasteiger partial charge in [-0.25, -0.2) is 9.97 Å². The number of aliphatic hydroxyl groups excluding tert-OH is 1. The Labute approximate surface area is 89.7 Å². The van der Waals surface area contributed by atoms with Crippen molar-refractivity contribution in [2.75, 3.05) is 27.2 Å². The van der Waals surface area contributed by atoms with Gasteiger partial charge in [0.05, 0.1) is 12.4 Å². The summed E-state index contributed by atoms with van der Waals surface area (Å²) in [6, 6.07) is 0. The quantitative estimate of drug-likeness (QED) is 0.767. The molecule has 0 bridgehead atoms. The summed E-state index contributed by atoms with van der Waals surface area (Å²) < 4.78 is 5.40. The number of nitrogens with zero attached hydrogens (tertiary/aromatic N) is 3. The fourth-order valence-electron chi connectivity index (χ4n) is 0.963. The van der Waals surface area contributed by atoms with Crippen molar-refractivity contribution in [2.24, 2.45) is 0 Å². The molecule has 0 amide bonds. The monoisotopic (exact) mass is 211 g/mol. The number of rotatable bonds is 5. The third kappa shape index (κ3) is 4.22. The summed E-state index contributed by atoms with van der Waals surface area (Å²) in [4.78, 5) is 9.99. The van der Waals surface area contributed by atoms with E-state index < -0.39 is 6.10 Å². The van der Waals surface area contributed by atoms with Crippen molar-refractivity contribution in [1.29, 1.82) is 0 Å². The van der Waals surface area contributed by atoms with Crippen LogP contribution >= 0.6 is 0 Å². The van der Waals surface area contributed by atoms with Crippen molar-refractivity contribution in [3.05, 3.63) is 18.2 Å². The molecule has 1 rings (SSSR count). The minimum Gasteiger partial charge on any atom is -0.489 e. The van der Waals surface area contributed by atoms with Gasteiger partial charge in [0.2, 0.25) is 0 Å². The predicted molar refractivity (Wildman–Crippen MR) is 56.7 cm³/mol. The van der Waals surface area contributed by atoms with Gasteiger partial charge in [-0.05, 0) is 21.0 Å². The maximum absolute atomic E-state index is 9.19. The summed E-state index contributed by atoms with van der Waals surface area (Å²) in [5, 5.41) is 9.19. The lowest BCUT2D eigenvalue weighted by Gasteiger charge is -2.10. The number of aliphatic hydroxyl groups is 1. The van der Waals surface area contributed by atoms with Gasteiger partial charge in [0.25, 0.3) is 0 Å². The van der Waals surface area contributed by atoms with E-state index in [2.05, 4.69) is 9.97 Å². The normalized spacial score (nSPS) is 12.9. The second kappa shape index (κ2) is 5.63. The van der Waals surface area contributed by atoms with Gasteiger partial charge in [0.15, 0.2) is 11.6 Å². The van der Waals surface area contributed by atoms with Gasteiger partial charge >= 0.3 is 0 Å². The molecule has 1 unspecified atom stereocenters. The van der Waals surface area contributed by atoms with E-state index in [1.54, 1.807) is 19.3 Å². The van der Waals surface area contributed by atoms with Gasteiger partial charge in [-0.3, -0.25) is 0 Å². The van der Waals surface area contributed by atoms with Crippen LogP contribution in [0.5, 0.6) is 5.75 Å². The van der Waals surface area contributed by atoms with Gasteiger partial charge in [0, 0.05) is 6.54 Å². The first-order valence-electron chi connectivity index (χ1n) is 4.87. The Balaban J connectivity index is 2.43. The molecule has 15 heavy (non-hydrogen) atoms. The lowest BCUT2D eigenvalue weighted by atomic mass is 10.4. The van der Waals surface area contributed by atoms with Crippen LogP contribution in [0, 0.1) is 0 Å². The summed E-state index contributed by atoms with van der Waals surface area (Å²) >= 11 is 0. The number of hydrogen-bond donors (Lipinski definition) is 1. The van der Waals surface area contributed by atoms with Gasteiger partial charge in [-0.2, -0.15) is 0 Å². The molecule has 0 aromatic carbocycles. The molecule has 0 saturated carbocycles. The molecule has 0 aliphatic carbocycles. The summed E-state index contributed by atoms with van der Waals surface area (Å²) in [6.07, 6.45) is 2.51. The van der Waals surface area contributed by atoms with Crippen molar-refractivity contribution < 1.29 is 9.84 Å². The molecule has 0 radical (unpaired) electrons. The zero-order valence-electron chi connectivity index (χ0n) is 9.34. The van der Waals surface area contributed by atoms with Crippen molar-refractivity contribution in [2.45, 2.75) is 13.0 Å². The van der Waals surface area contributed by atoms with E-state index in [9.17, 15) is 5.11 Å². The van der Waals surface area contributed by atoms with Crippen molar-refractivity contribution in [1.82, 2.24) is 14.9 Å². The maximum atomic E-state index is 9.19. The fourth-order valence-corrected chi connectivity index (χ4v) is 0.963. The molecule has 5 heteroatoms. The number of likely N-dealkylation sites (N-methyl/N-ethyl adjacent to an activating group) is 1. The first kappa shape index (κ1) is 11.9. The van der Waals surface area contributed by atoms with Crippen LogP contribution in [0.4, 0.5) is 0 Å². The second-order valence-corrected chi connectivity index (χ2v) is 3.60. The third-order valence-electron chi connectivity index (χ3n) is 1.83. The fraction of sp³-hybridized carbons (Fsp3) is 0.600. The summed E-state index contributed by atoms with van der Waals surface area (Å²) in [6.45, 7) is 3.07. The average molecular weight is 211 g/mol. The zero-order chi connectivity index (χ0) is 11.3. The molecule has 0 aliphatic heterocycles. The van der Waals surface area contributed by atoms with Gasteiger partial charge in [0.1, 0.15) is 12.7 Å². The molecular formula is C10H17N3O2. The smallest absolute Gasteiger partial charge is 0.156 e. The van der Waals surface area contributed by atoms with E-state index in [-0.39, 0.29) is 0 Å². The Morgan fingerprint density at radius 2 is 2.00 bits per heavy atom. The molecule has 0 saturated heterocycles. The summed E-state index contributed by atoms with van der Waals surface area (Å²) in [5.74, 6) is 1.04. The van der Waals surface area contributed by atoms with E-state index in [0.29, 0.717) is 18.2 Å².